The smallest absolute Gasteiger partial charge is 0.380 e. The molecule has 0 amide bonds. The highest BCUT2D eigenvalue weighted by Crippen LogP contribution is 2.32. The lowest BCUT2D eigenvalue weighted by Gasteiger charge is -2.19. The van der Waals surface area contributed by atoms with E-state index in [4.69, 9.17) is 0 Å². The second-order valence-electron chi connectivity index (χ2n) is 8.06. The Morgan fingerprint density at radius 1 is 0.848 bits per heavy atom. The molecule has 1 N–H and O–H groups in total. The average Bonchev–Trinajstić information content (AvgIpc) is 2.81. The first-order valence-electron chi connectivity index (χ1n) is 11.1. The maximum Gasteiger partial charge on any atom is 0.416 e. The van der Waals surface area contributed by atoms with Gasteiger partial charge in [-0.1, -0.05) is 85.6 Å². The zero-order valence-electron chi connectivity index (χ0n) is 18.9. The summed E-state index contributed by atoms with van der Waals surface area (Å²) in [5.41, 5.74) is 3.71. The lowest BCUT2D eigenvalue weighted by Crippen LogP contribution is -2.17. The van der Waals surface area contributed by atoms with Gasteiger partial charge >= 0.3 is 6.18 Å². The highest BCUT2D eigenvalue weighted by molar-refractivity contribution is 6.27. The minimum Gasteiger partial charge on any atom is -0.380 e. The van der Waals surface area contributed by atoms with E-state index in [2.05, 4.69) is 5.32 Å². The lowest BCUT2D eigenvalue weighted by atomic mass is 9.92. The van der Waals surface area contributed by atoms with E-state index in [-0.39, 0.29) is 5.78 Å². The number of alkyl halides is 3. The van der Waals surface area contributed by atoms with Gasteiger partial charge in [-0.05, 0) is 42.2 Å². The molecule has 0 aliphatic rings. The van der Waals surface area contributed by atoms with Crippen LogP contribution in [0, 0.1) is 6.92 Å². The van der Waals surface area contributed by atoms with Gasteiger partial charge in [0, 0.05) is 18.5 Å². The molecule has 0 heterocycles. The number of allylic oxidation sites excluding steroid dienone is 1. The number of hydrogen-bond donors (Lipinski definition) is 1. The third-order valence-electron chi connectivity index (χ3n) is 5.44. The first-order chi connectivity index (χ1) is 15.8. The van der Waals surface area contributed by atoms with Crippen LogP contribution in [-0.4, -0.2) is 5.78 Å². The summed E-state index contributed by atoms with van der Waals surface area (Å²) in [5, 5.41) is 3.41. The topological polar surface area (TPSA) is 29.1 Å². The summed E-state index contributed by atoms with van der Waals surface area (Å²) in [6, 6.07) is 22.4. The van der Waals surface area contributed by atoms with E-state index in [1.54, 1.807) is 0 Å². The van der Waals surface area contributed by atoms with E-state index in [1.807, 2.05) is 68.4 Å². The van der Waals surface area contributed by atoms with Gasteiger partial charge in [-0.2, -0.15) is 13.2 Å². The number of halogens is 3. The molecular weight excluding hydrogens is 423 g/mol. The van der Waals surface area contributed by atoms with Gasteiger partial charge in [0.1, 0.15) is 0 Å². The summed E-state index contributed by atoms with van der Waals surface area (Å²) in [4.78, 5) is 13.4. The number of benzene rings is 3. The Kier molecular flexibility index (Phi) is 8.10. The first-order valence-corrected chi connectivity index (χ1v) is 11.1. The van der Waals surface area contributed by atoms with Crippen LogP contribution >= 0.6 is 0 Å². The zero-order valence-corrected chi connectivity index (χ0v) is 18.9. The fraction of sp³-hybridized carbons (Fsp3) is 0.250. The summed E-state index contributed by atoms with van der Waals surface area (Å²) in [7, 11) is 0. The van der Waals surface area contributed by atoms with Crippen molar-refractivity contribution in [1.29, 1.82) is 0 Å². The zero-order chi connectivity index (χ0) is 23.8. The monoisotopic (exact) mass is 451 g/mol. The number of hydrogen-bond acceptors (Lipinski definition) is 2. The van der Waals surface area contributed by atoms with E-state index in [0.29, 0.717) is 36.2 Å². The van der Waals surface area contributed by atoms with Gasteiger partial charge in [-0.3, -0.25) is 4.79 Å². The van der Waals surface area contributed by atoms with Crippen molar-refractivity contribution in [2.24, 2.45) is 0 Å². The van der Waals surface area contributed by atoms with Crippen LogP contribution in [0.5, 0.6) is 0 Å². The van der Waals surface area contributed by atoms with Gasteiger partial charge in [-0.15, -0.1) is 0 Å². The van der Waals surface area contributed by atoms with E-state index < -0.39 is 11.7 Å². The van der Waals surface area contributed by atoms with Crippen molar-refractivity contribution in [3.8, 4) is 0 Å². The number of carbonyl (C=O) groups is 1. The van der Waals surface area contributed by atoms with E-state index in [0.717, 1.165) is 35.2 Å². The van der Waals surface area contributed by atoms with Crippen molar-refractivity contribution in [2.45, 2.75) is 45.8 Å². The Morgan fingerprint density at radius 2 is 1.45 bits per heavy atom. The quantitative estimate of drug-likeness (QED) is 0.271. The molecule has 33 heavy (non-hydrogen) atoms. The minimum atomic E-state index is -4.43. The van der Waals surface area contributed by atoms with Gasteiger partial charge in [-0.25, -0.2) is 0 Å². The van der Waals surface area contributed by atoms with Crippen LogP contribution in [-0.2, 0) is 17.5 Å². The Balaban J connectivity index is 2.13. The molecule has 0 fully saturated rings. The number of Topliss-reactive ketones (excluding diaryl/α,β-unsaturated/α-hetero) is 1. The van der Waals surface area contributed by atoms with Crippen molar-refractivity contribution in [3.63, 3.8) is 0 Å². The van der Waals surface area contributed by atoms with Crippen LogP contribution in [0.1, 0.15) is 54.0 Å². The van der Waals surface area contributed by atoms with Crippen molar-refractivity contribution in [1.82, 2.24) is 5.32 Å². The largest absolute Gasteiger partial charge is 0.416 e. The number of rotatable bonds is 9. The predicted molar refractivity (Wildman–Crippen MR) is 127 cm³/mol. The summed E-state index contributed by atoms with van der Waals surface area (Å²) < 4.78 is 39.4. The van der Waals surface area contributed by atoms with E-state index in [1.165, 1.54) is 12.1 Å². The summed E-state index contributed by atoms with van der Waals surface area (Å²) in [5.74, 6) is -0.0901. The van der Waals surface area contributed by atoms with Crippen molar-refractivity contribution in [2.75, 3.05) is 0 Å². The maximum atomic E-state index is 13.4. The van der Waals surface area contributed by atoms with Crippen LogP contribution in [0.4, 0.5) is 13.2 Å². The summed E-state index contributed by atoms with van der Waals surface area (Å²) in [6.07, 6.45) is -2.54. The second kappa shape index (κ2) is 11.0. The molecule has 0 aliphatic carbocycles. The Labute approximate surface area is 193 Å². The van der Waals surface area contributed by atoms with Crippen molar-refractivity contribution >= 4 is 17.1 Å². The van der Waals surface area contributed by atoms with Crippen LogP contribution in [0.25, 0.3) is 11.3 Å². The highest BCUT2D eigenvalue weighted by atomic mass is 19.4. The molecule has 0 unspecified atom stereocenters. The first kappa shape index (κ1) is 24.3. The molecule has 0 aliphatic heterocycles. The number of nitrogens with one attached hydrogen (secondary N) is 1. The standard InChI is InChI=1S/C28H28F3NO/c1-3-4-10-25(33)26(22-15-17-24(18-16-22)28(29,30)31)27(23-13-11-20(2)12-14-23)32-19-21-8-6-5-7-9-21/h5-9,11-18,32H,3-4,10,19H2,1-2H3/b27-26+. The minimum absolute atomic E-state index is 0.0901. The van der Waals surface area contributed by atoms with Gasteiger partial charge in [0.05, 0.1) is 11.3 Å². The third-order valence-corrected chi connectivity index (χ3v) is 5.44. The summed E-state index contributed by atoms with van der Waals surface area (Å²) in [6.45, 7) is 4.46. The molecule has 0 spiro atoms. The van der Waals surface area contributed by atoms with Crippen LogP contribution in [0.15, 0.2) is 78.9 Å². The van der Waals surface area contributed by atoms with E-state index in [9.17, 15) is 18.0 Å². The summed E-state index contributed by atoms with van der Waals surface area (Å²) >= 11 is 0. The molecule has 3 aromatic rings. The molecule has 0 radical (unpaired) electrons. The molecule has 3 aromatic carbocycles. The van der Waals surface area contributed by atoms with E-state index >= 15 is 0 Å². The third kappa shape index (κ3) is 6.58. The molecule has 2 nitrogen and oxygen atoms in total. The average molecular weight is 452 g/mol. The second-order valence-corrected chi connectivity index (χ2v) is 8.06. The number of carbonyl (C=O) groups excluding carboxylic acids is 1. The van der Waals surface area contributed by atoms with Crippen molar-refractivity contribution < 1.29 is 18.0 Å². The van der Waals surface area contributed by atoms with Gasteiger partial charge in [0.25, 0.3) is 0 Å². The predicted octanol–water partition coefficient (Wildman–Crippen LogP) is 7.43. The molecule has 172 valence electrons. The molecular formula is C28H28F3NO. The lowest BCUT2D eigenvalue weighted by molar-refractivity contribution is -0.137. The molecule has 3 rings (SSSR count). The SMILES string of the molecule is CCCCC(=O)/C(=C(/NCc1ccccc1)c1ccc(C)cc1)c1ccc(C(F)(F)F)cc1. The molecule has 5 heteroatoms. The van der Waals surface area contributed by atoms with Gasteiger partial charge < -0.3 is 5.32 Å². The van der Waals surface area contributed by atoms with Crippen LogP contribution < -0.4 is 5.32 Å². The Morgan fingerprint density at radius 3 is 2.03 bits per heavy atom. The Hall–Kier alpha value is -3.34. The van der Waals surface area contributed by atoms with Crippen molar-refractivity contribution in [3.05, 3.63) is 107 Å². The fourth-order valence-electron chi connectivity index (χ4n) is 3.57. The molecule has 0 aromatic heterocycles. The molecule has 0 bridgehead atoms. The number of ketones is 1. The fourth-order valence-corrected chi connectivity index (χ4v) is 3.57. The maximum absolute atomic E-state index is 13.4. The van der Waals surface area contributed by atoms with Gasteiger partial charge in [0.15, 0.2) is 5.78 Å². The highest BCUT2D eigenvalue weighted by Gasteiger charge is 2.30. The number of unbranched alkanes of at least 4 members (excludes halogenated alkanes) is 1. The van der Waals surface area contributed by atoms with Crippen LogP contribution in [0.3, 0.4) is 0 Å². The van der Waals surface area contributed by atoms with Gasteiger partial charge in [0.2, 0.25) is 0 Å². The molecule has 0 atom stereocenters. The Bertz CT molecular complexity index is 1080. The normalized spacial score (nSPS) is 12.3. The molecule has 0 saturated heterocycles. The van der Waals surface area contributed by atoms with Crippen LogP contribution in [0.2, 0.25) is 0 Å². The number of aryl methyl sites for hydroxylation is 1. The molecule has 0 saturated carbocycles.